The van der Waals surface area contributed by atoms with Gasteiger partial charge in [-0.1, -0.05) is 76.8 Å². The normalized spacial score (nSPS) is 17.1. The molecular formula is C30H38FNO4. The number of carbonyl (C=O) groups excluding carboxylic acids is 2. The van der Waals surface area contributed by atoms with Crippen molar-refractivity contribution in [3.05, 3.63) is 71.0 Å². The summed E-state index contributed by atoms with van der Waals surface area (Å²) in [7, 11) is 1.54. The second kappa shape index (κ2) is 13.8. The molecule has 0 saturated carbocycles. The predicted octanol–water partition coefficient (Wildman–Crippen LogP) is 7.18. The second-order valence-electron chi connectivity index (χ2n) is 9.46. The predicted molar refractivity (Wildman–Crippen MR) is 140 cm³/mol. The van der Waals surface area contributed by atoms with Crippen molar-refractivity contribution in [2.75, 3.05) is 13.7 Å². The number of likely N-dealkylation sites (tertiary alicyclic amines) is 1. The Bertz CT molecular complexity index is 1050. The summed E-state index contributed by atoms with van der Waals surface area (Å²) in [6.45, 7) is 2.60. The summed E-state index contributed by atoms with van der Waals surface area (Å²) in [6.07, 6.45) is 11.6. The largest absolute Gasteiger partial charge is 0.507 e. The number of ether oxygens (including phenoxy) is 1. The van der Waals surface area contributed by atoms with Crippen LogP contribution in [0.15, 0.2) is 54.1 Å². The van der Waals surface area contributed by atoms with E-state index in [4.69, 9.17) is 4.74 Å². The number of ketones is 1. The van der Waals surface area contributed by atoms with Crippen molar-refractivity contribution >= 4 is 17.4 Å². The number of methoxy groups -OCH3 is 1. The molecule has 1 aliphatic heterocycles. The minimum absolute atomic E-state index is 0.0113. The molecule has 5 nitrogen and oxygen atoms in total. The zero-order valence-corrected chi connectivity index (χ0v) is 21.5. The Morgan fingerprint density at radius 2 is 1.53 bits per heavy atom. The number of Topliss-reactive ketones (excluding diaryl/α,β-unsaturated/α-hetero) is 1. The van der Waals surface area contributed by atoms with Gasteiger partial charge in [-0.3, -0.25) is 9.59 Å². The van der Waals surface area contributed by atoms with Crippen LogP contribution in [-0.2, 0) is 9.59 Å². The zero-order valence-electron chi connectivity index (χ0n) is 21.5. The van der Waals surface area contributed by atoms with E-state index in [1.54, 1.807) is 36.4 Å². The molecule has 1 saturated heterocycles. The highest BCUT2D eigenvalue weighted by molar-refractivity contribution is 6.46. The molecule has 1 atom stereocenters. The molecule has 0 radical (unpaired) electrons. The molecule has 1 aliphatic rings. The first-order valence-electron chi connectivity index (χ1n) is 13.2. The first-order chi connectivity index (χ1) is 17.5. The minimum atomic E-state index is -0.832. The van der Waals surface area contributed by atoms with Crippen LogP contribution >= 0.6 is 0 Å². The van der Waals surface area contributed by atoms with Gasteiger partial charge in [-0.2, -0.15) is 0 Å². The Morgan fingerprint density at radius 1 is 0.917 bits per heavy atom. The van der Waals surface area contributed by atoms with Gasteiger partial charge in [-0.25, -0.2) is 4.39 Å². The molecule has 3 rings (SSSR count). The molecule has 2 aromatic carbocycles. The smallest absolute Gasteiger partial charge is 0.295 e. The molecular weight excluding hydrogens is 457 g/mol. The van der Waals surface area contributed by atoms with Gasteiger partial charge in [0.1, 0.15) is 17.3 Å². The Balaban J connectivity index is 1.73. The summed E-state index contributed by atoms with van der Waals surface area (Å²) in [5.74, 6) is -1.52. The van der Waals surface area contributed by atoms with E-state index in [9.17, 15) is 19.1 Å². The van der Waals surface area contributed by atoms with Gasteiger partial charge in [-0.15, -0.1) is 0 Å². The molecule has 2 aromatic rings. The van der Waals surface area contributed by atoms with E-state index < -0.39 is 23.5 Å². The SMILES string of the molecule is CCCCCCCCCCCCN1C(=O)C(=O)C(=C(O)c2ccc(OC)cc2)[C@@H]1c1cccc(F)c1. The first-order valence-corrected chi connectivity index (χ1v) is 13.2. The Labute approximate surface area is 214 Å². The summed E-state index contributed by atoms with van der Waals surface area (Å²) in [5, 5.41) is 11.1. The van der Waals surface area contributed by atoms with Crippen molar-refractivity contribution < 1.29 is 23.8 Å². The third-order valence-electron chi connectivity index (χ3n) is 6.82. The molecule has 0 unspecified atom stereocenters. The number of aliphatic hydroxyl groups excluding tert-OH is 1. The lowest BCUT2D eigenvalue weighted by atomic mass is 9.95. The summed E-state index contributed by atoms with van der Waals surface area (Å²) in [4.78, 5) is 27.6. The fourth-order valence-electron chi connectivity index (χ4n) is 4.81. The summed E-state index contributed by atoms with van der Waals surface area (Å²) < 4.78 is 19.3. The number of halogens is 1. The van der Waals surface area contributed by atoms with Gasteiger partial charge in [0.15, 0.2) is 0 Å². The van der Waals surface area contributed by atoms with Crippen LogP contribution in [0.1, 0.15) is 88.3 Å². The van der Waals surface area contributed by atoms with Crippen LogP contribution in [0.25, 0.3) is 5.76 Å². The molecule has 0 bridgehead atoms. The van der Waals surface area contributed by atoms with E-state index >= 15 is 0 Å². The number of rotatable bonds is 14. The number of carbonyl (C=O) groups is 2. The number of aliphatic hydroxyl groups is 1. The highest BCUT2D eigenvalue weighted by Crippen LogP contribution is 2.40. The van der Waals surface area contributed by atoms with E-state index in [0.29, 0.717) is 23.4 Å². The van der Waals surface area contributed by atoms with Crippen molar-refractivity contribution in [3.8, 4) is 5.75 Å². The maximum atomic E-state index is 14.1. The van der Waals surface area contributed by atoms with Gasteiger partial charge < -0.3 is 14.7 Å². The van der Waals surface area contributed by atoms with Crippen LogP contribution in [0.5, 0.6) is 5.75 Å². The lowest BCUT2D eigenvalue weighted by molar-refractivity contribution is -0.139. The Kier molecular flexibility index (Phi) is 10.5. The van der Waals surface area contributed by atoms with Crippen LogP contribution in [0.2, 0.25) is 0 Å². The minimum Gasteiger partial charge on any atom is -0.507 e. The van der Waals surface area contributed by atoms with Crippen molar-refractivity contribution in [2.24, 2.45) is 0 Å². The van der Waals surface area contributed by atoms with Gasteiger partial charge in [0, 0.05) is 12.1 Å². The van der Waals surface area contributed by atoms with E-state index in [-0.39, 0.29) is 11.3 Å². The molecule has 1 heterocycles. The molecule has 1 fully saturated rings. The van der Waals surface area contributed by atoms with E-state index in [2.05, 4.69) is 6.92 Å². The van der Waals surface area contributed by atoms with Crippen molar-refractivity contribution in [1.82, 2.24) is 4.90 Å². The number of benzene rings is 2. The van der Waals surface area contributed by atoms with Crippen LogP contribution in [0, 0.1) is 5.82 Å². The van der Waals surface area contributed by atoms with Crippen molar-refractivity contribution in [2.45, 2.75) is 77.2 Å². The fraction of sp³-hybridized carbons (Fsp3) is 0.467. The monoisotopic (exact) mass is 495 g/mol. The Hall–Kier alpha value is -3.15. The average molecular weight is 496 g/mol. The maximum absolute atomic E-state index is 14.1. The molecule has 0 aromatic heterocycles. The molecule has 0 spiro atoms. The summed E-state index contributed by atoms with van der Waals surface area (Å²) in [6, 6.07) is 11.7. The molecule has 1 amide bonds. The quantitative estimate of drug-likeness (QED) is 0.130. The number of hydrogen-bond acceptors (Lipinski definition) is 4. The van der Waals surface area contributed by atoms with Gasteiger partial charge in [-0.05, 0) is 48.4 Å². The number of hydrogen-bond donors (Lipinski definition) is 1. The lowest BCUT2D eigenvalue weighted by Crippen LogP contribution is -2.30. The van der Waals surface area contributed by atoms with Crippen molar-refractivity contribution in [1.29, 1.82) is 0 Å². The maximum Gasteiger partial charge on any atom is 0.295 e. The van der Waals surface area contributed by atoms with Crippen LogP contribution in [-0.4, -0.2) is 35.4 Å². The van der Waals surface area contributed by atoms with E-state index in [1.165, 1.54) is 62.7 Å². The van der Waals surface area contributed by atoms with Gasteiger partial charge in [0.2, 0.25) is 0 Å². The average Bonchev–Trinajstić information content (AvgIpc) is 3.14. The number of amides is 1. The number of nitrogens with zero attached hydrogens (tertiary/aromatic N) is 1. The van der Waals surface area contributed by atoms with E-state index in [1.807, 2.05) is 0 Å². The lowest BCUT2D eigenvalue weighted by Gasteiger charge is -2.25. The van der Waals surface area contributed by atoms with Gasteiger partial charge in [0.25, 0.3) is 11.7 Å². The summed E-state index contributed by atoms with van der Waals surface area (Å²) >= 11 is 0. The summed E-state index contributed by atoms with van der Waals surface area (Å²) in [5.41, 5.74) is 0.855. The van der Waals surface area contributed by atoms with Crippen LogP contribution in [0.4, 0.5) is 4.39 Å². The third kappa shape index (κ3) is 6.96. The molecule has 36 heavy (non-hydrogen) atoms. The second-order valence-corrected chi connectivity index (χ2v) is 9.46. The van der Waals surface area contributed by atoms with Crippen molar-refractivity contribution in [3.63, 3.8) is 0 Å². The highest BCUT2D eigenvalue weighted by atomic mass is 19.1. The van der Waals surface area contributed by atoms with Gasteiger partial charge >= 0.3 is 0 Å². The molecule has 194 valence electrons. The van der Waals surface area contributed by atoms with Crippen LogP contribution in [0.3, 0.4) is 0 Å². The standard InChI is InChI=1S/C30H38FNO4/c1-3-4-5-6-7-8-9-10-11-12-20-32-27(23-14-13-15-24(31)21-23)26(29(34)30(32)35)28(33)22-16-18-25(36-2)19-17-22/h13-19,21,27,33H,3-12,20H2,1-2H3/t27-/m0/s1. The molecule has 6 heteroatoms. The zero-order chi connectivity index (χ0) is 25.9. The highest BCUT2D eigenvalue weighted by Gasteiger charge is 2.45. The third-order valence-corrected chi connectivity index (χ3v) is 6.82. The fourth-order valence-corrected chi connectivity index (χ4v) is 4.81. The topological polar surface area (TPSA) is 66.8 Å². The molecule has 1 N–H and O–H groups in total. The van der Waals surface area contributed by atoms with Crippen LogP contribution < -0.4 is 4.74 Å². The number of unbranched alkanes of at least 4 members (excludes halogenated alkanes) is 9. The van der Waals surface area contributed by atoms with E-state index in [0.717, 1.165) is 25.7 Å². The Morgan fingerprint density at radius 3 is 2.11 bits per heavy atom. The first kappa shape index (κ1) is 27.4. The van der Waals surface area contributed by atoms with Gasteiger partial charge in [0.05, 0.1) is 18.7 Å². The molecule has 0 aliphatic carbocycles.